The Labute approximate surface area is 170 Å². The van der Waals surface area contributed by atoms with Gasteiger partial charge >= 0.3 is 0 Å². The third-order valence-electron chi connectivity index (χ3n) is 7.56. The molecule has 3 rings (SSSR count). The summed E-state index contributed by atoms with van der Waals surface area (Å²) in [5.74, 6) is 2.13. The first kappa shape index (κ1) is 21.4. The predicted octanol–water partition coefficient (Wildman–Crippen LogP) is 5.67. The van der Waals surface area contributed by atoms with Crippen molar-refractivity contribution in [3.05, 3.63) is 35.4 Å². The van der Waals surface area contributed by atoms with Crippen LogP contribution in [0.25, 0.3) is 5.57 Å². The lowest BCUT2D eigenvalue weighted by atomic mass is 9.61. The summed E-state index contributed by atoms with van der Waals surface area (Å²) < 4.78 is 0. The highest BCUT2D eigenvalue weighted by molar-refractivity contribution is 5.71. The van der Waals surface area contributed by atoms with Crippen LogP contribution in [0, 0.1) is 23.2 Å². The quantitative estimate of drug-likeness (QED) is 0.566. The number of benzene rings is 1. The highest BCUT2D eigenvalue weighted by atomic mass is 16.3. The van der Waals surface area contributed by atoms with Gasteiger partial charge < -0.3 is 15.3 Å². The maximum Gasteiger partial charge on any atom is 0.121 e. The molecule has 0 saturated heterocycles. The van der Waals surface area contributed by atoms with Gasteiger partial charge in [-0.25, -0.2) is 0 Å². The minimum absolute atomic E-state index is 0.128. The first-order valence-corrected chi connectivity index (χ1v) is 11.0. The molecule has 156 valence electrons. The van der Waals surface area contributed by atoms with Gasteiger partial charge in [0.05, 0.1) is 12.2 Å². The second-order valence-electron chi connectivity index (χ2n) is 10.1. The van der Waals surface area contributed by atoms with E-state index < -0.39 is 5.60 Å². The van der Waals surface area contributed by atoms with E-state index in [1.807, 2.05) is 26.0 Å². The summed E-state index contributed by atoms with van der Waals surface area (Å²) >= 11 is 0. The second-order valence-corrected chi connectivity index (χ2v) is 10.1. The van der Waals surface area contributed by atoms with Crippen LogP contribution >= 0.6 is 0 Å². The molecule has 1 aromatic carbocycles. The molecule has 0 heterocycles. The van der Waals surface area contributed by atoms with Gasteiger partial charge in [-0.15, -0.1) is 0 Å². The van der Waals surface area contributed by atoms with E-state index in [1.54, 1.807) is 0 Å². The number of phenols is 1. The number of aliphatic hydroxyl groups excluding tert-OH is 1. The maximum absolute atomic E-state index is 10.2. The van der Waals surface area contributed by atoms with Crippen molar-refractivity contribution in [2.24, 2.45) is 23.2 Å². The molecular weight excluding hydrogens is 348 g/mol. The van der Waals surface area contributed by atoms with Crippen molar-refractivity contribution in [3.63, 3.8) is 0 Å². The van der Waals surface area contributed by atoms with Crippen molar-refractivity contribution in [2.75, 3.05) is 0 Å². The van der Waals surface area contributed by atoms with Crippen molar-refractivity contribution in [2.45, 2.75) is 84.8 Å². The molecule has 0 aromatic heterocycles. The number of allylic oxidation sites excluding steroid dienone is 2. The predicted molar refractivity (Wildman–Crippen MR) is 115 cm³/mol. The van der Waals surface area contributed by atoms with Crippen LogP contribution in [0.15, 0.2) is 24.3 Å². The van der Waals surface area contributed by atoms with E-state index in [1.165, 1.54) is 31.3 Å². The molecule has 0 aliphatic heterocycles. The molecule has 2 aliphatic rings. The molecular formula is C25H38O3. The minimum atomic E-state index is -0.564. The van der Waals surface area contributed by atoms with Crippen LogP contribution in [0.1, 0.15) is 83.8 Å². The Morgan fingerprint density at radius 3 is 2.64 bits per heavy atom. The van der Waals surface area contributed by atoms with Crippen LogP contribution in [0.5, 0.6) is 5.75 Å². The monoisotopic (exact) mass is 386 g/mol. The van der Waals surface area contributed by atoms with Crippen LogP contribution in [-0.2, 0) is 6.61 Å². The van der Waals surface area contributed by atoms with Gasteiger partial charge in [-0.3, -0.25) is 0 Å². The van der Waals surface area contributed by atoms with Crippen LogP contribution in [0.4, 0.5) is 0 Å². The lowest BCUT2D eigenvalue weighted by molar-refractivity contribution is 0.0620. The van der Waals surface area contributed by atoms with E-state index in [2.05, 4.69) is 26.0 Å². The van der Waals surface area contributed by atoms with E-state index in [-0.39, 0.29) is 12.4 Å². The fourth-order valence-corrected chi connectivity index (χ4v) is 6.00. The third kappa shape index (κ3) is 4.31. The summed E-state index contributed by atoms with van der Waals surface area (Å²) in [4.78, 5) is 0. The number of fused-ring (bicyclic) bond motifs is 1. The Bertz CT molecular complexity index is 715. The molecule has 1 aromatic rings. The number of aliphatic hydroxyl groups is 2. The molecule has 3 N–H and O–H groups in total. The third-order valence-corrected chi connectivity index (χ3v) is 7.56. The second kappa shape index (κ2) is 8.20. The molecule has 2 aliphatic carbocycles. The lowest BCUT2D eigenvalue weighted by Gasteiger charge is -2.43. The Morgan fingerprint density at radius 1 is 1.25 bits per heavy atom. The molecule has 28 heavy (non-hydrogen) atoms. The van der Waals surface area contributed by atoms with E-state index in [0.717, 1.165) is 24.8 Å². The summed E-state index contributed by atoms with van der Waals surface area (Å²) in [6.07, 6.45) is 10.3. The molecule has 0 amide bonds. The zero-order chi connectivity index (χ0) is 20.5. The smallest absolute Gasteiger partial charge is 0.121 e. The summed E-state index contributed by atoms with van der Waals surface area (Å²) in [6.45, 7) is 8.57. The number of hydrogen-bond donors (Lipinski definition) is 3. The highest BCUT2D eigenvalue weighted by Crippen LogP contribution is 2.60. The average molecular weight is 387 g/mol. The normalized spacial score (nSPS) is 28.7. The number of rotatable bonds is 7. The zero-order valence-corrected chi connectivity index (χ0v) is 18.0. The molecule has 4 atom stereocenters. The van der Waals surface area contributed by atoms with Crippen molar-refractivity contribution >= 4 is 5.57 Å². The summed E-state index contributed by atoms with van der Waals surface area (Å²) in [5, 5.41) is 29.6. The van der Waals surface area contributed by atoms with Crippen LogP contribution in [0.3, 0.4) is 0 Å². The van der Waals surface area contributed by atoms with Gasteiger partial charge in [-0.05, 0) is 86.3 Å². The van der Waals surface area contributed by atoms with E-state index in [4.69, 9.17) is 0 Å². The first-order chi connectivity index (χ1) is 13.2. The van der Waals surface area contributed by atoms with E-state index >= 15 is 0 Å². The van der Waals surface area contributed by atoms with Gasteiger partial charge in [0.15, 0.2) is 0 Å². The van der Waals surface area contributed by atoms with Gasteiger partial charge in [0.1, 0.15) is 5.75 Å². The average Bonchev–Trinajstić information content (AvgIpc) is 2.97. The van der Waals surface area contributed by atoms with Crippen LogP contribution < -0.4 is 0 Å². The molecule has 0 spiro atoms. The van der Waals surface area contributed by atoms with Crippen molar-refractivity contribution in [3.8, 4) is 5.75 Å². The summed E-state index contributed by atoms with van der Waals surface area (Å²) in [7, 11) is 0. The highest BCUT2D eigenvalue weighted by Gasteiger charge is 2.50. The topological polar surface area (TPSA) is 60.7 Å². The molecule has 0 unspecified atom stereocenters. The Morgan fingerprint density at radius 2 is 2.00 bits per heavy atom. The molecule has 0 radical (unpaired) electrons. The molecule has 1 saturated carbocycles. The fourth-order valence-electron chi connectivity index (χ4n) is 6.00. The summed E-state index contributed by atoms with van der Waals surface area (Å²) in [5.41, 5.74) is 2.84. The Balaban J connectivity index is 1.75. The minimum Gasteiger partial charge on any atom is -0.508 e. The molecule has 0 bridgehead atoms. The molecule has 1 fully saturated rings. The Kier molecular flexibility index (Phi) is 6.26. The first-order valence-electron chi connectivity index (χ1n) is 11.0. The van der Waals surface area contributed by atoms with Gasteiger partial charge in [0.25, 0.3) is 0 Å². The summed E-state index contributed by atoms with van der Waals surface area (Å²) in [6, 6.07) is 5.75. The van der Waals surface area contributed by atoms with E-state index in [0.29, 0.717) is 28.7 Å². The van der Waals surface area contributed by atoms with Gasteiger partial charge in [-0.1, -0.05) is 44.9 Å². The van der Waals surface area contributed by atoms with Crippen molar-refractivity contribution in [1.29, 1.82) is 0 Å². The molecule has 3 nitrogen and oxygen atoms in total. The van der Waals surface area contributed by atoms with Crippen LogP contribution in [0.2, 0.25) is 0 Å². The van der Waals surface area contributed by atoms with Crippen molar-refractivity contribution < 1.29 is 15.3 Å². The Hall–Kier alpha value is -1.32. The van der Waals surface area contributed by atoms with Gasteiger partial charge in [-0.2, -0.15) is 0 Å². The molecule has 3 heteroatoms. The zero-order valence-electron chi connectivity index (χ0n) is 18.0. The maximum atomic E-state index is 10.2. The van der Waals surface area contributed by atoms with Crippen molar-refractivity contribution in [1.82, 2.24) is 0 Å². The fraction of sp³-hybridized carbons (Fsp3) is 0.680. The van der Waals surface area contributed by atoms with E-state index in [9.17, 15) is 15.3 Å². The number of aromatic hydroxyl groups is 1. The van der Waals surface area contributed by atoms with Gasteiger partial charge in [0, 0.05) is 5.56 Å². The lowest BCUT2D eigenvalue weighted by Crippen LogP contribution is -2.35. The standard InChI is InChI=1S/C25H38O3/c1-17(7-5-13-24(2,3)28)21-11-12-22-20(8-6-14-25(21,22)4)18-9-10-19(16-26)23(27)15-18/h8-10,15,17,21-22,26-28H,5-7,11-14,16H2,1-4H3/t17-,21-,22+,25-/m1/s1. The van der Waals surface area contributed by atoms with Gasteiger partial charge in [0.2, 0.25) is 0 Å². The number of hydrogen-bond acceptors (Lipinski definition) is 3. The SMILES string of the molecule is C[C@H](CCCC(C)(C)O)[C@H]1CC[C@H]2C(c3ccc(CO)c(O)c3)=CCC[C@]12C. The largest absolute Gasteiger partial charge is 0.508 e. The van der Waals surface area contributed by atoms with Crippen LogP contribution in [-0.4, -0.2) is 20.9 Å².